The number of esters is 1. The first-order chi connectivity index (χ1) is 33.6. The third-order valence-corrected chi connectivity index (χ3v) is 12.0. The maximum atomic E-state index is 12.9. The Morgan fingerprint density at radius 3 is 1.92 bits per heavy atom. The monoisotopic (exact) mass is 1010 g/mol. The van der Waals surface area contributed by atoms with E-state index in [1.165, 1.54) is 6.08 Å². The van der Waals surface area contributed by atoms with Gasteiger partial charge >= 0.3 is 12.0 Å². The SMILES string of the molecule is C=C[C@@H]1[C@H](O)[C@@H](C)/C=C/C=C/C=C/C=C/C=C/C=C/C=C/[C@H](O[C@@H]2O[C@H](C)[C@@H](O)C[C@@H]2O)CC[C@H](NC(=O)NNC(=O)CCO)CCC(O)(O)C[C@@H](O)C[C@@H](O)[C@H](O)CC[C@@H](O)C[C@@H](O)CC(=O)O[C@H]1C. The zero-order chi connectivity index (χ0) is 52.9. The second-order valence-electron chi connectivity index (χ2n) is 18.3. The number of rotatable bonds is 6. The first-order valence-electron chi connectivity index (χ1n) is 24.3. The number of amides is 3. The third-order valence-electron chi connectivity index (χ3n) is 12.0. The average molecular weight is 1010 g/mol. The molecule has 0 aromatic carbocycles. The summed E-state index contributed by atoms with van der Waals surface area (Å²) in [5.41, 5.74) is 4.32. The van der Waals surface area contributed by atoms with Crippen molar-refractivity contribution in [3.63, 3.8) is 0 Å². The van der Waals surface area contributed by atoms with Gasteiger partial charge in [0.15, 0.2) is 12.1 Å². The smallest absolute Gasteiger partial charge is 0.333 e. The van der Waals surface area contributed by atoms with Crippen molar-refractivity contribution in [2.75, 3.05) is 6.61 Å². The van der Waals surface area contributed by atoms with Gasteiger partial charge in [-0.25, -0.2) is 10.2 Å². The second kappa shape index (κ2) is 34.1. The quantitative estimate of drug-likeness (QED) is 0.0773. The van der Waals surface area contributed by atoms with E-state index < -0.39 is 141 Å². The lowest BCUT2D eigenvalue weighted by Gasteiger charge is -2.37. The lowest BCUT2D eigenvalue weighted by molar-refractivity contribution is -0.270. The summed E-state index contributed by atoms with van der Waals surface area (Å²) in [5.74, 6) is -4.99. The second-order valence-corrected chi connectivity index (χ2v) is 18.3. The topological polar surface area (TPSA) is 338 Å². The Morgan fingerprint density at radius 1 is 0.704 bits per heavy atom. The molecule has 0 bridgehead atoms. The molecule has 2 aliphatic heterocycles. The van der Waals surface area contributed by atoms with E-state index in [4.69, 9.17) is 19.3 Å². The minimum Gasteiger partial charge on any atom is -0.462 e. The van der Waals surface area contributed by atoms with Gasteiger partial charge in [0.05, 0.1) is 74.4 Å². The van der Waals surface area contributed by atoms with E-state index in [-0.39, 0.29) is 57.3 Å². The van der Waals surface area contributed by atoms with Crippen LogP contribution >= 0.6 is 0 Å². The van der Waals surface area contributed by atoms with E-state index in [0.29, 0.717) is 0 Å². The Hall–Kier alpha value is -4.39. The van der Waals surface area contributed by atoms with Crippen molar-refractivity contribution >= 4 is 17.9 Å². The Kier molecular flexibility index (Phi) is 30.1. The molecule has 20 nitrogen and oxygen atoms in total. The van der Waals surface area contributed by atoms with Gasteiger partial charge in [-0.15, -0.1) is 6.58 Å². The Morgan fingerprint density at radius 2 is 1.31 bits per heavy atom. The molecule has 15 atom stereocenters. The van der Waals surface area contributed by atoms with Crippen LogP contribution in [0.2, 0.25) is 0 Å². The third kappa shape index (κ3) is 26.8. The fourth-order valence-electron chi connectivity index (χ4n) is 7.76. The van der Waals surface area contributed by atoms with E-state index in [9.17, 15) is 65.4 Å². The van der Waals surface area contributed by atoms with Gasteiger partial charge in [0.25, 0.3) is 0 Å². The molecule has 2 aliphatic rings. The average Bonchev–Trinajstić information content (AvgIpc) is 3.29. The summed E-state index contributed by atoms with van der Waals surface area (Å²) < 4.78 is 17.4. The molecule has 402 valence electrons. The van der Waals surface area contributed by atoms with Crippen LogP contribution < -0.4 is 16.2 Å². The van der Waals surface area contributed by atoms with Gasteiger partial charge in [0.2, 0.25) is 5.91 Å². The van der Waals surface area contributed by atoms with Gasteiger partial charge in [-0.1, -0.05) is 98.1 Å². The predicted molar refractivity (Wildman–Crippen MR) is 263 cm³/mol. The molecule has 1 saturated heterocycles. The van der Waals surface area contributed by atoms with Crippen LogP contribution in [-0.2, 0) is 23.8 Å². The number of aliphatic hydroxyl groups excluding tert-OH is 9. The fraction of sp³-hybridized carbons (Fsp3) is 0.627. The van der Waals surface area contributed by atoms with Gasteiger partial charge in [0.1, 0.15) is 12.2 Å². The van der Waals surface area contributed by atoms with Gasteiger partial charge in [-0.05, 0) is 52.4 Å². The Bertz CT molecular complexity index is 1790. The highest BCUT2D eigenvalue weighted by Crippen LogP contribution is 2.27. The van der Waals surface area contributed by atoms with Crippen molar-refractivity contribution in [3.8, 4) is 0 Å². The molecule has 0 unspecified atom stereocenters. The van der Waals surface area contributed by atoms with Crippen molar-refractivity contribution in [3.05, 3.63) is 97.7 Å². The van der Waals surface area contributed by atoms with Crippen molar-refractivity contribution in [2.45, 2.75) is 183 Å². The lowest BCUT2D eigenvalue weighted by Crippen LogP contribution is -2.50. The minimum absolute atomic E-state index is 0.00146. The molecule has 71 heavy (non-hydrogen) atoms. The molecule has 0 aromatic rings. The van der Waals surface area contributed by atoms with Crippen molar-refractivity contribution in [1.82, 2.24) is 16.2 Å². The molecule has 0 spiro atoms. The van der Waals surface area contributed by atoms with Crippen LogP contribution in [0.1, 0.15) is 97.8 Å². The van der Waals surface area contributed by atoms with Crippen molar-refractivity contribution in [2.24, 2.45) is 11.8 Å². The molecule has 2 heterocycles. The van der Waals surface area contributed by atoms with Gasteiger partial charge < -0.3 is 75.7 Å². The number of ether oxygens (including phenoxy) is 3. The van der Waals surface area contributed by atoms with Gasteiger partial charge in [0, 0.05) is 43.6 Å². The zero-order valence-electron chi connectivity index (χ0n) is 41.1. The molecule has 1 fully saturated rings. The summed E-state index contributed by atoms with van der Waals surface area (Å²) in [4.78, 5) is 37.5. The molecule has 2 rings (SSSR count). The highest BCUT2D eigenvalue weighted by Gasteiger charge is 2.37. The zero-order valence-corrected chi connectivity index (χ0v) is 41.1. The number of hydrogen-bond donors (Lipinski definition) is 14. The van der Waals surface area contributed by atoms with Crippen LogP contribution in [0.25, 0.3) is 0 Å². The largest absolute Gasteiger partial charge is 0.462 e. The van der Waals surface area contributed by atoms with Gasteiger partial charge in [-0.2, -0.15) is 0 Å². The molecular weight excluding hydrogens is 927 g/mol. The standard InChI is InChI=1S/C51H81N3O17/c1-5-41-34(3)69-47(64)30-38(57)28-37(56)21-23-42(59)44(61)29-39(58)32-51(67,68)26-24-36(52-50(66)54-53-46(63)25-27-55)20-22-40(71-49-45(62)31-43(60)35(4)70-49)19-17-15-13-11-9-7-6-8-10-12-14-16-18-33(2)48(41)65/h5-19,33-45,48-49,55-62,65,67-68H,1,20-32H2,2-4H3,(H,53,63)(H2,52,54,66)/b7-6+,10-8+,11-9+,14-12+,15-13+,18-16+,19-17+/t33-,34-,35+,36-,37+,38+,39-,40-,41-,42+,43-,44+,45-,48+,49-/m0/s1. The first-order valence-corrected chi connectivity index (χ1v) is 24.3. The summed E-state index contributed by atoms with van der Waals surface area (Å²) in [6.45, 7) is 8.36. The molecule has 14 N–H and O–H groups in total. The molecule has 3 amide bonds. The van der Waals surface area contributed by atoms with E-state index in [2.05, 4.69) is 22.7 Å². The molecule has 0 aromatic heterocycles. The lowest BCUT2D eigenvalue weighted by atomic mass is 9.88. The fourth-order valence-corrected chi connectivity index (χ4v) is 7.76. The summed E-state index contributed by atoms with van der Waals surface area (Å²) in [7, 11) is 0. The number of urea groups is 1. The highest BCUT2D eigenvalue weighted by molar-refractivity contribution is 5.81. The van der Waals surface area contributed by atoms with Crippen molar-refractivity contribution < 1.29 is 84.8 Å². The van der Waals surface area contributed by atoms with E-state index in [1.807, 2.05) is 24.3 Å². The number of cyclic esters (lactones) is 1. The van der Waals surface area contributed by atoms with Crippen LogP contribution in [-0.4, -0.2) is 166 Å². The summed E-state index contributed by atoms with van der Waals surface area (Å²) >= 11 is 0. The first kappa shape index (κ1) is 62.7. The number of carbonyl (C=O) groups excluding carboxylic acids is 3. The molecule has 0 aliphatic carbocycles. The number of hydrogen-bond acceptors (Lipinski definition) is 17. The number of carbonyl (C=O) groups is 3. The van der Waals surface area contributed by atoms with Crippen molar-refractivity contribution in [1.29, 1.82) is 0 Å². The van der Waals surface area contributed by atoms with Crippen LogP contribution in [0.4, 0.5) is 4.79 Å². The van der Waals surface area contributed by atoms with E-state index in [1.54, 1.807) is 81.5 Å². The molecule has 0 radical (unpaired) electrons. The number of allylic oxidation sites excluding steroid dienone is 12. The highest BCUT2D eigenvalue weighted by atomic mass is 16.7. The van der Waals surface area contributed by atoms with Gasteiger partial charge in [-0.3, -0.25) is 15.0 Å². The van der Waals surface area contributed by atoms with Crippen LogP contribution in [0.15, 0.2) is 97.7 Å². The number of nitrogens with one attached hydrogen (secondary N) is 3. The Balaban J connectivity index is 2.35. The summed E-state index contributed by atoms with van der Waals surface area (Å²) in [5, 5.41) is 119. The number of aliphatic hydroxyl groups is 11. The summed E-state index contributed by atoms with van der Waals surface area (Å²) in [6.07, 6.45) is 10.2. The molecular formula is C51H81N3O17. The van der Waals surface area contributed by atoms with E-state index >= 15 is 0 Å². The predicted octanol–water partition coefficient (Wildman–Crippen LogP) is 1.33. The molecule has 0 saturated carbocycles. The maximum absolute atomic E-state index is 12.9. The Labute approximate surface area is 417 Å². The van der Waals surface area contributed by atoms with Crippen LogP contribution in [0.5, 0.6) is 0 Å². The molecule has 20 heteroatoms. The minimum atomic E-state index is -2.55. The normalized spacial score (nSPS) is 37.4. The van der Waals surface area contributed by atoms with E-state index in [0.717, 1.165) is 0 Å². The van der Waals surface area contributed by atoms with Crippen LogP contribution in [0.3, 0.4) is 0 Å². The number of hydrazine groups is 1. The maximum Gasteiger partial charge on any atom is 0.333 e. The van der Waals surface area contributed by atoms with Crippen LogP contribution in [0, 0.1) is 11.8 Å². The summed E-state index contributed by atoms with van der Waals surface area (Å²) in [6, 6.07) is -1.70.